The third kappa shape index (κ3) is 2.73. The van der Waals surface area contributed by atoms with Gasteiger partial charge in [-0.1, -0.05) is 6.07 Å². The van der Waals surface area contributed by atoms with E-state index in [0.717, 1.165) is 23.4 Å². The summed E-state index contributed by atoms with van der Waals surface area (Å²) in [4.78, 5) is 3.94. The van der Waals surface area contributed by atoms with Gasteiger partial charge in [-0.15, -0.1) is 0 Å². The molecule has 0 saturated heterocycles. The Kier molecular flexibility index (Phi) is 3.93. The zero-order chi connectivity index (χ0) is 15.5. The number of aliphatic hydroxyl groups is 1. The standard InChI is InChI=1S/C16H13F2N3O/c17-12-2-1-3-13(18)16(12)15(22)10-21-14(6-9-20-21)11-4-7-19-8-5-11/h1-9,15,22H,10H2. The molecule has 1 unspecified atom stereocenters. The lowest BCUT2D eigenvalue weighted by Crippen LogP contribution is -2.14. The predicted octanol–water partition coefficient (Wildman–Crippen LogP) is 2.96. The summed E-state index contributed by atoms with van der Waals surface area (Å²) in [5.74, 6) is -1.55. The molecule has 0 bridgehead atoms. The van der Waals surface area contributed by atoms with Crippen molar-refractivity contribution in [3.63, 3.8) is 0 Å². The molecule has 3 rings (SSSR count). The topological polar surface area (TPSA) is 50.9 Å². The molecule has 0 spiro atoms. The van der Waals surface area contributed by atoms with Gasteiger partial charge in [0.25, 0.3) is 0 Å². The molecule has 2 heterocycles. The van der Waals surface area contributed by atoms with Gasteiger partial charge in [0.1, 0.15) is 17.7 Å². The maximum Gasteiger partial charge on any atom is 0.132 e. The Morgan fingerprint density at radius 3 is 2.36 bits per heavy atom. The molecular weight excluding hydrogens is 288 g/mol. The normalized spacial score (nSPS) is 12.3. The molecule has 0 aliphatic heterocycles. The fraction of sp³-hybridized carbons (Fsp3) is 0.125. The molecule has 0 fully saturated rings. The number of pyridine rings is 1. The van der Waals surface area contributed by atoms with Gasteiger partial charge in [-0.3, -0.25) is 9.67 Å². The van der Waals surface area contributed by atoms with Crippen LogP contribution in [0.1, 0.15) is 11.7 Å². The molecule has 6 heteroatoms. The molecule has 22 heavy (non-hydrogen) atoms. The van der Waals surface area contributed by atoms with E-state index < -0.39 is 17.7 Å². The van der Waals surface area contributed by atoms with Crippen LogP contribution in [0.3, 0.4) is 0 Å². The van der Waals surface area contributed by atoms with E-state index in [9.17, 15) is 13.9 Å². The fourth-order valence-corrected chi connectivity index (χ4v) is 2.33. The highest BCUT2D eigenvalue weighted by molar-refractivity contribution is 5.58. The first-order valence-electron chi connectivity index (χ1n) is 6.71. The quantitative estimate of drug-likeness (QED) is 0.806. The molecule has 0 aliphatic carbocycles. The molecule has 4 nitrogen and oxygen atoms in total. The van der Waals surface area contributed by atoms with E-state index in [4.69, 9.17) is 0 Å². The van der Waals surface area contributed by atoms with Gasteiger partial charge < -0.3 is 5.11 Å². The molecule has 2 aromatic heterocycles. The van der Waals surface area contributed by atoms with Gasteiger partial charge >= 0.3 is 0 Å². The number of halogens is 2. The van der Waals surface area contributed by atoms with Crippen LogP contribution < -0.4 is 0 Å². The largest absolute Gasteiger partial charge is 0.386 e. The molecule has 0 saturated carbocycles. The highest BCUT2D eigenvalue weighted by atomic mass is 19.1. The summed E-state index contributed by atoms with van der Waals surface area (Å²) >= 11 is 0. The minimum Gasteiger partial charge on any atom is -0.386 e. The SMILES string of the molecule is OC(Cn1nccc1-c1ccncc1)c1c(F)cccc1F. The minimum atomic E-state index is -1.33. The zero-order valence-corrected chi connectivity index (χ0v) is 11.5. The summed E-state index contributed by atoms with van der Waals surface area (Å²) in [7, 11) is 0. The summed E-state index contributed by atoms with van der Waals surface area (Å²) in [6.07, 6.45) is 3.51. The maximum atomic E-state index is 13.7. The van der Waals surface area contributed by atoms with E-state index in [1.807, 2.05) is 0 Å². The summed E-state index contributed by atoms with van der Waals surface area (Å²) in [6, 6.07) is 8.85. The number of benzene rings is 1. The Morgan fingerprint density at radius 2 is 1.68 bits per heavy atom. The minimum absolute atomic E-state index is 0.0531. The molecular formula is C16H13F2N3O. The summed E-state index contributed by atoms with van der Waals surface area (Å²) in [6.45, 7) is -0.0531. The van der Waals surface area contributed by atoms with Crippen molar-refractivity contribution in [2.75, 3.05) is 0 Å². The van der Waals surface area contributed by atoms with Crippen LogP contribution in [0.5, 0.6) is 0 Å². The highest BCUT2D eigenvalue weighted by Gasteiger charge is 2.19. The molecule has 3 aromatic rings. The van der Waals surface area contributed by atoms with Crippen molar-refractivity contribution in [3.8, 4) is 11.3 Å². The van der Waals surface area contributed by atoms with Crippen LogP contribution >= 0.6 is 0 Å². The molecule has 0 aliphatic rings. The van der Waals surface area contributed by atoms with Gasteiger partial charge in [0.2, 0.25) is 0 Å². The molecule has 0 radical (unpaired) electrons. The number of aromatic nitrogens is 3. The third-order valence-corrected chi connectivity index (χ3v) is 3.37. The number of rotatable bonds is 4. The van der Waals surface area contributed by atoms with E-state index in [-0.39, 0.29) is 12.1 Å². The average molecular weight is 301 g/mol. The maximum absolute atomic E-state index is 13.7. The van der Waals surface area contributed by atoms with Crippen molar-refractivity contribution in [1.29, 1.82) is 0 Å². The number of hydrogen-bond acceptors (Lipinski definition) is 3. The number of nitrogens with zero attached hydrogens (tertiary/aromatic N) is 3. The second-order valence-corrected chi connectivity index (χ2v) is 4.79. The van der Waals surface area contributed by atoms with Gasteiger partial charge in [0.05, 0.1) is 17.8 Å². The lowest BCUT2D eigenvalue weighted by molar-refractivity contribution is 0.143. The van der Waals surface area contributed by atoms with Gasteiger partial charge in [0, 0.05) is 24.2 Å². The van der Waals surface area contributed by atoms with E-state index >= 15 is 0 Å². The monoisotopic (exact) mass is 301 g/mol. The van der Waals surface area contributed by atoms with Crippen LogP contribution in [-0.4, -0.2) is 19.9 Å². The highest BCUT2D eigenvalue weighted by Crippen LogP contribution is 2.24. The second-order valence-electron chi connectivity index (χ2n) is 4.79. The molecule has 1 N–H and O–H groups in total. The number of hydrogen-bond donors (Lipinski definition) is 1. The van der Waals surface area contributed by atoms with Crippen LogP contribution in [0.2, 0.25) is 0 Å². The Hall–Kier alpha value is -2.60. The lowest BCUT2D eigenvalue weighted by Gasteiger charge is -2.15. The Labute approximate surface area is 125 Å². The summed E-state index contributed by atoms with van der Waals surface area (Å²) in [5, 5.41) is 14.3. The third-order valence-electron chi connectivity index (χ3n) is 3.37. The lowest BCUT2D eigenvalue weighted by atomic mass is 10.1. The van der Waals surface area contributed by atoms with E-state index in [2.05, 4.69) is 10.1 Å². The van der Waals surface area contributed by atoms with Crippen LogP contribution in [0, 0.1) is 11.6 Å². The smallest absolute Gasteiger partial charge is 0.132 e. The molecule has 1 atom stereocenters. The van der Waals surface area contributed by atoms with E-state index in [0.29, 0.717) is 0 Å². The molecule has 112 valence electrons. The Balaban J connectivity index is 1.90. The van der Waals surface area contributed by atoms with Gasteiger partial charge in [0.15, 0.2) is 0 Å². The number of aliphatic hydroxyl groups excluding tert-OH is 1. The van der Waals surface area contributed by atoms with Crippen molar-refractivity contribution >= 4 is 0 Å². The van der Waals surface area contributed by atoms with Crippen molar-refractivity contribution < 1.29 is 13.9 Å². The first-order valence-corrected chi connectivity index (χ1v) is 6.71. The van der Waals surface area contributed by atoms with E-state index in [1.54, 1.807) is 36.8 Å². The predicted molar refractivity (Wildman–Crippen MR) is 76.8 cm³/mol. The van der Waals surface area contributed by atoms with Crippen LogP contribution in [-0.2, 0) is 6.54 Å². The van der Waals surface area contributed by atoms with Crippen molar-refractivity contribution in [2.24, 2.45) is 0 Å². The Bertz CT molecular complexity index is 754. The van der Waals surface area contributed by atoms with Crippen molar-refractivity contribution in [1.82, 2.24) is 14.8 Å². The second kappa shape index (κ2) is 6.03. The van der Waals surface area contributed by atoms with Gasteiger partial charge in [-0.25, -0.2) is 8.78 Å². The van der Waals surface area contributed by atoms with Gasteiger partial charge in [-0.2, -0.15) is 5.10 Å². The van der Waals surface area contributed by atoms with Crippen LogP contribution in [0.4, 0.5) is 8.78 Å². The van der Waals surface area contributed by atoms with Gasteiger partial charge in [-0.05, 0) is 30.3 Å². The first-order chi connectivity index (χ1) is 10.7. The fourth-order valence-electron chi connectivity index (χ4n) is 2.33. The first kappa shape index (κ1) is 14.3. The Morgan fingerprint density at radius 1 is 1.00 bits per heavy atom. The van der Waals surface area contributed by atoms with Crippen LogP contribution in [0.15, 0.2) is 55.0 Å². The van der Waals surface area contributed by atoms with E-state index in [1.165, 1.54) is 10.7 Å². The molecule has 0 amide bonds. The average Bonchev–Trinajstić information content (AvgIpc) is 2.96. The van der Waals surface area contributed by atoms with Crippen molar-refractivity contribution in [2.45, 2.75) is 12.6 Å². The zero-order valence-electron chi connectivity index (χ0n) is 11.5. The van der Waals surface area contributed by atoms with Crippen LogP contribution in [0.25, 0.3) is 11.3 Å². The molecule has 1 aromatic carbocycles. The summed E-state index contributed by atoms with van der Waals surface area (Å²) in [5.41, 5.74) is 1.24. The summed E-state index contributed by atoms with van der Waals surface area (Å²) < 4.78 is 28.9. The van der Waals surface area contributed by atoms with Crippen molar-refractivity contribution in [3.05, 3.63) is 72.2 Å².